The molecule has 0 aromatic rings. The Morgan fingerprint density at radius 1 is 1.36 bits per heavy atom. The lowest BCUT2D eigenvalue weighted by atomic mass is 10.2. The lowest BCUT2D eigenvalue weighted by Crippen LogP contribution is -1.74. The molecular formula is C10H14O. The van der Waals surface area contributed by atoms with E-state index in [0.29, 0.717) is 5.92 Å². The van der Waals surface area contributed by atoms with Crippen molar-refractivity contribution < 1.29 is 4.79 Å². The fourth-order valence-corrected chi connectivity index (χ4v) is 0.529. The molecule has 1 aliphatic rings. The third-order valence-corrected chi connectivity index (χ3v) is 1.06. The minimum absolute atomic E-state index is 0.350. The predicted molar refractivity (Wildman–Crippen MR) is 48.0 cm³/mol. The topological polar surface area (TPSA) is 17.1 Å². The van der Waals surface area contributed by atoms with Crippen molar-refractivity contribution in [2.45, 2.75) is 20.3 Å². The van der Waals surface area contributed by atoms with E-state index in [0.717, 1.165) is 6.42 Å². The zero-order valence-electron chi connectivity index (χ0n) is 7.08. The maximum Gasteiger partial charge on any atom is 0.120 e. The van der Waals surface area contributed by atoms with Gasteiger partial charge < -0.3 is 0 Å². The molecule has 0 spiro atoms. The standard InChI is InChI=1S/C5H8O.C5H6/c1-5(2)3-4-6;1-2-4-5-3-1/h3,5H,1-2H3;1-4H,5H2. The first-order valence-corrected chi connectivity index (χ1v) is 3.80. The van der Waals surface area contributed by atoms with Crippen LogP contribution in [0.15, 0.2) is 30.4 Å². The molecule has 0 heterocycles. The van der Waals surface area contributed by atoms with Crippen molar-refractivity contribution in [1.82, 2.24) is 0 Å². The normalized spacial score (nSPS) is 12.3. The second kappa shape index (κ2) is 7.04. The van der Waals surface area contributed by atoms with Gasteiger partial charge in [0, 0.05) is 6.08 Å². The minimum atomic E-state index is 0.350. The van der Waals surface area contributed by atoms with Gasteiger partial charge in [0.05, 0.1) is 0 Å². The molecule has 60 valence electrons. The highest BCUT2D eigenvalue weighted by Crippen LogP contribution is 1.93. The summed E-state index contributed by atoms with van der Waals surface area (Å²) in [7, 11) is 0. The summed E-state index contributed by atoms with van der Waals surface area (Å²) in [6.45, 7) is 3.87. The third kappa shape index (κ3) is 8.93. The van der Waals surface area contributed by atoms with E-state index in [4.69, 9.17) is 0 Å². The Kier molecular flexibility index (Phi) is 6.36. The Morgan fingerprint density at radius 2 is 1.91 bits per heavy atom. The number of hydrogen-bond donors (Lipinski definition) is 0. The van der Waals surface area contributed by atoms with Crippen LogP contribution >= 0.6 is 0 Å². The van der Waals surface area contributed by atoms with Gasteiger partial charge in [-0.2, -0.15) is 0 Å². The van der Waals surface area contributed by atoms with Crippen LogP contribution in [0.2, 0.25) is 0 Å². The molecule has 0 aromatic heterocycles. The molecule has 11 heavy (non-hydrogen) atoms. The Morgan fingerprint density at radius 3 is 2.00 bits per heavy atom. The molecule has 0 saturated heterocycles. The van der Waals surface area contributed by atoms with E-state index in [1.807, 2.05) is 13.8 Å². The van der Waals surface area contributed by atoms with E-state index in [-0.39, 0.29) is 0 Å². The summed E-state index contributed by atoms with van der Waals surface area (Å²) in [5, 5.41) is 0. The highest BCUT2D eigenvalue weighted by Gasteiger charge is 1.78. The number of allylic oxidation sites excluding steroid dienone is 5. The summed E-state index contributed by atoms with van der Waals surface area (Å²) < 4.78 is 0. The van der Waals surface area contributed by atoms with Crippen LogP contribution < -0.4 is 0 Å². The monoisotopic (exact) mass is 150 g/mol. The zero-order valence-corrected chi connectivity index (χ0v) is 7.08. The average molecular weight is 150 g/mol. The number of hydrogen-bond acceptors (Lipinski definition) is 1. The smallest absolute Gasteiger partial charge is 0.120 e. The van der Waals surface area contributed by atoms with Gasteiger partial charge in [-0.05, 0) is 12.3 Å². The van der Waals surface area contributed by atoms with Gasteiger partial charge in [-0.3, -0.25) is 0 Å². The SMILES string of the molecule is C1=CCC=C1.CC(C)C=C=O. The van der Waals surface area contributed by atoms with Crippen LogP contribution in [0.3, 0.4) is 0 Å². The largest absolute Gasteiger partial charge is 0.234 e. The fourth-order valence-electron chi connectivity index (χ4n) is 0.529. The average Bonchev–Trinajstić information content (AvgIpc) is 2.41. The van der Waals surface area contributed by atoms with Crippen molar-refractivity contribution >= 4 is 5.94 Å². The van der Waals surface area contributed by atoms with Crippen LogP contribution in [0.5, 0.6) is 0 Å². The summed E-state index contributed by atoms with van der Waals surface area (Å²) >= 11 is 0. The molecule has 0 fully saturated rings. The first-order valence-electron chi connectivity index (χ1n) is 3.80. The van der Waals surface area contributed by atoms with E-state index in [2.05, 4.69) is 24.3 Å². The van der Waals surface area contributed by atoms with Crippen LogP contribution in [0.1, 0.15) is 20.3 Å². The predicted octanol–water partition coefficient (Wildman–Crippen LogP) is 2.53. The van der Waals surface area contributed by atoms with Crippen molar-refractivity contribution in [1.29, 1.82) is 0 Å². The minimum Gasteiger partial charge on any atom is -0.234 e. The van der Waals surface area contributed by atoms with Crippen LogP contribution in [-0.4, -0.2) is 5.94 Å². The van der Waals surface area contributed by atoms with Gasteiger partial charge in [-0.25, -0.2) is 4.79 Å². The van der Waals surface area contributed by atoms with Crippen molar-refractivity contribution in [3.63, 3.8) is 0 Å². The summed E-state index contributed by atoms with van der Waals surface area (Å²) in [6.07, 6.45) is 11.0. The second-order valence-corrected chi connectivity index (χ2v) is 2.62. The van der Waals surface area contributed by atoms with Gasteiger partial charge in [0.2, 0.25) is 0 Å². The molecule has 0 atom stereocenters. The molecule has 0 aromatic carbocycles. The fraction of sp³-hybridized carbons (Fsp3) is 0.400. The molecule has 0 saturated carbocycles. The van der Waals surface area contributed by atoms with Crippen molar-refractivity contribution in [2.75, 3.05) is 0 Å². The molecule has 0 amide bonds. The molecule has 1 rings (SSSR count). The van der Waals surface area contributed by atoms with E-state index in [1.54, 1.807) is 5.94 Å². The molecule has 0 bridgehead atoms. The molecule has 1 heteroatoms. The van der Waals surface area contributed by atoms with E-state index in [9.17, 15) is 4.79 Å². The van der Waals surface area contributed by atoms with Crippen LogP contribution in [0.25, 0.3) is 0 Å². The van der Waals surface area contributed by atoms with Crippen LogP contribution in [0, 0.1) is 5.92 Å². The molecule has 0 radical (unpaired) electrons. The maximum absolute atomic E-state index is 9.43. The Balaban J connectivity index is 0.000000183. The Hall–Kier alpha value is -1.07. The highest BCUT2D eigenvalue weighted by atomic mass is 16.1. The molecule has 1 aliphatic carbocycles. The molecule has 1 nitrogen and oxygen atoms in total. The summed E-state index contributed by atoms with van der Waals surface area (Å²) in [5.74, 6) is 2.04. The van der Waals surface area contributed by atoms with Crippen molar-refractivity contribution in [2.24, 2.45) is 5.92 Å². The molecule has 0 aliphatic heterocycles. The van der Waals surface area contributed by atoms with E-state index < -0.39 is 0 Å². The van der Waals surface area contributed by atoms with Gasteiger partial charge in [-0.15, -0.1) is 0 Å². The van der Waals surface area contributed by atoms with Crippen molar-refractivity contribution in [3.05, 3.63) is 30.4 Å². The number of carbonyl (C=O) groups excluding carboxylic acids is 1. The summed E-state index contributed by atoms with van der Waals surface area (Å²) in [5.41, 5.74) is 0. The van der Waals surface area contributed by atoms with Crippen LogP contribution in [-0.2, 0) is 4.79 Å². The third-order valence-electron chi connectivity index (χ3n) is 1.06. The first kappa shape index (κ1) is 9.93. The highest BCUT2D eigenvalue weighted by molar-refractivity contribution is 5.45. The molecular weight excluding hydrogens is 136 g/mol. The van der Waals surface area contributed by atoms with Gasteiger partial charge in [0.15, 0.2) is 0 Å². The lowest BCUT2D eigenvalue weighted by molar-refractivity contribution is 0.566. The Labute approximate surface area is 68.1 Å². The second-order valence-electron chi connectivity index (χ2n) is 2.62. The summed E-state index contributed by atoms with van der Waals surface area (Å²) in [6, 6.07) is 0. The van der Waals surface area contributed by atoms with Gasteiger partial charge in [-0.1, -0.05) is 38.2 Å². The lowest BCUT2D eigenvalue weighted by Gasteiger charge is -1.82. The quantitative estimate of drug-likeness (QED) is 0.525. The van der Waals surface area contributed by atoms with Crippen molar-refractivity contribution in [3.8, 4) is 0 Å². The van der Waals surface area contributed by atoms with Crippen LogP contribution in [0.4, 0.5) is 0 Å². The molecule has 0 unspecified atom stereocenters. The van der Waals surface area contributed by atoms with Gasteiger partial charge >= 0.3 is 0 Å². The van der Waals surface area contributed by atoms with Gasteiger partial charge in [0.1, 0.15) is 5.94 Å². The first-order chi connectivity index (χ1) is 5.27. The summed E-state index contributed by atoms with van der Waals surface area (Å²) in [4.78, 5) is 9.43. The van der Waals surface area contributed by atoms with Gasteiger partial charge in [0.25, 0.3) is 0 Å². The van der Waals surface area contributed by atoms with E-state index >= 15 is 0 Å². The van der Waals surface area contributed by atoms with E-state index in [1.165, 1.54) is 6.08 Å². The maximum atomic E-state index is 9.43. The Bertz CT molecular complexity index is 171. The zero-order chi connectivity index (χ0) is 8.53. The molecule has 0 N–H and O–H groups in total. The number of rotatable bonds is 1.